The molecule has 168 valence electrons. The summed E-state index contributed by atoms with van der Waals surface area (Å²) in [5.74, 6) is -0.0781. The molecule has 0 aliphatic heterocycles. The number of carbonyl (C=O) groups is 1. The lowest BCUT2D eigenvalue weighted by Crippen LogP contribution is -2.41. The van der Waals surface area contributed by atoms with Gasteiger partial charge in [0, 0.05) is 12.1 Å². The number of hydrogen-bond acceptors (Lipinski definition) is 4. The van der Waals surface area contributed by atoms with Crippen LogP contribution in [0.5, 0.6) is 5.75 Å². The van der Waals surface area contributed by atoms with Gasteiger partial charge in [-0.3, -0.25) is 4.79 Å². The molecule has 6 nitrogen and oxygen atoms in total. The maximum Gasteiger partial charge on any atom is 0.416 e. The zero-order chi connectivity index (χ0) is 23.2. The Morgan fingerprint density at radius 1 is 1.23 bits per heavy atom. The number of benzene rings is 2. The molecule has 1 atom stereocenters. The van der Waals surface area contributed by atoms with Gasteiger partial charge in [-0.1, -0.05) is 30.3 Å². The van der Waals surface area contributed by atoms with Crippen LogP contribution in [-0.4, -0.2) is 38.8 Å². The van der Waals surface area contributed by atoms with Crippen molar-refractivity contribution in [3.8, 4) is 5.75 Å². The van der Waals surface area contributed by atoms with Crippen molar-refractivity contribution in [2.45, 2.75) is 24.0 Å². The number of sulfonamides is 1. The number of hydrogen-bond donors (Lipinski definition) is 1. The van der Waals surface area contributed by atoms with Crippen molar-refractivity contribution in [3.05, 3.63) is 72.3 Å². The summed E-state index contributed by atoms with van der Waals surface area (Å²) in [6.07, 6.45) is -3.45. The molecule has 0 aliphatic rings. The van der Waals surface area contributed by atoms with Crippen LogP contribution in [0.1, 0.15) is 24.1 Å². The Morgan fingerprint density at radius 3 is 2.52 bits per heavy atom. The molecular weight excluding hydrogens is 433 g/mol. The normalized spacial score (nSPS) is 13.0. The molecule has 0 spiro atoms. The Bertz CT molecular complexity index is 1040. The van der Waals surface area contributed by atoms with Crippen LogP contribution in [0.2, 0.25) is 0 Å². The highest BCUT2D eigenvalue weighted by molar-refractivity contribution is 7.89. The molecule has 31 heavy (non-hydrogen) atoms. The van der Waals surface area contributed by atoms with E-state index < -0.39 is 45.2 Å². The fourth-order valence-electron chi connectivity index (χ4n) is 2.92. The number of alkyl halides is 3. The van der Waals surface area contributed by atoms with Crippen molar-refractivity contribution >= 4 is 15.9 Å². The standard InChI is InChI=1S/C21H23F3N2O4S/c1-4-12-26(31(28,29)17-9-7-8-16(13-17)21(22,23)24)14-20(27)25-15(2)18-10-5-6-11-19(18)30-3/h4-11,13,15H,1,12,14H2,2-3H3,(H,25,27). The zero-order valence-electron chi connectivity index (χ0n) is 17.0. The van der Waals surface area contributed by atoms with Gasteiger partial charge in [-0.25, -0.2) is 8.42 Å². The number of methoxy groups -OCH3 is 1. The molecule has 0 aromatic heterocycles. The van der Waals surface area contributed by atoms with Crippen LogP contribution >= 0.6 is 0 Å². The molecule has 0 saturated heterocycles. The molecule has 0 heterocycles. The van der Waals surface area contributed by atoms with E-state index >= 15 is 0 Å². The molecule has 0 fully saturated rings. The Balaban J connectivity index is 2.23. The molecule has 0 radical (unpaired) electrons. The maximum absolute atomic E-state index is 13.0. The summed E-state index contributed by atoms with van der Waals surface area (Å²) in [6.45, 7) is 4.32. The number of carbonyl (C=O) groups excluding carboxylic acids is 1. The van der Waals surface area contributed by atoms with Crippen LogP contribution in [0.4, 0.5) is 13.2 Å². The van der Waals surface area contributed by atoms with Crippen LogP contribution in [0.25, 0.3) is 0 Å². The summed E-state index contributed by atoms with van der Waals surface area (Å²) in [6, 6.07) is 9.89. The predicted molar refractivity (Wildman–Crippen MR) is 110 cm³/mol. The van der Waals surface area contributed by atoms with Crippen LogP contribution in [0, 0.1) is 0 Å². The predicted octanol–water partition coefficient (Wildman–Crippen LogP) is 3.77. The lowest BCUT2D eigenvalue weighted by molar-refractivity contribution is -0.137. The van der Waals surface area contributed by atoms with Crippen molar-refractivity contribution in [1.29, 1.82) is 0 Å². The van der Waals surface area contributed by atoms with Crippen molar-refractivity contribution in [2.75, 3.05) is 20.2 Å². The fraction of sp³-hybridized carbons (Fsp3) is 0.286. The highest BCUT2D eigenvalue weighted by Gasteiger charge is 2.33. The number of halogens is 3. The van der Waals surface area contributed by atoms with Gasteiger partial charge in [0.1, 0.15) is 5.75 Å². The molecule has 2 rings (SSSR count). The minimum absolute atomic E-state index is 0.255. The summed E-state index contributed by atoms with van der Waals surface area (Å²) in [4.78, 5) is 12.0. The average molecular weight is 456 g/mol. The molecule has 1 N–H and O–H groups in total. The van der Waals surface area contributed by atoms with Crippen molar-refractivity contribution in [3.63, 3.8) is 0 Å². The van der Waals surface area contributed by atoms with E-state index in [0.717, 1.165) is 22.5 Å². The number of rotatable bonds is 9. The van der Waals surface area contributed by atoms with Crippen molar-refractivity contribution < 1.29 is 31.1 Å². The van der Waals surface area contributed by atoms with Gasteiger partial charge in [-0.15, -0.1) is 6.58 Å². The van der Waals surface area contributed by atoms with E-state index in [1.807, 2.05) is 0 Å². The Kier molecular flexibility index (Phi) is 7.85. The largest absolute Gasteiger partial charge is 0.496 e. The number of nitrogens with one attached hydrogen (secondary N) is 1. The van der Waals surface area contributed by atoms with Gasteiger partial charge in [0.15, 0.2) is 0 Å². The zero-order valence-corrected chi connectivity index (χ0v) is 17.8. The number of para-hydroxylation sites is 1. The maximum atomic E-state index is 13.0. The minimum atomic E-state index is -4.70. The number of nitrogens with zero attached hydrogens (tertiary/aromatic N) is 1. The lowest BCUT2D eigenvalue weighted by Gasteiger charge is -2.23. The smallest absolute Gasteiger partial charge is 0.416 e. The van der Waals surface area contributed by atoms with Gasteiger partial charge in [-0.05, 0) is 31.2 Å². The molecule has 0 bridgehead atoms. The topological polar surface area (TPSA) is 75.7 Å². The van der Waals surface area contributed by atoms with Gasteiger partial charge in [0.05, 0.1) is 30.2 Å². The second kappa shape index (κ2) is 9.97. The molecule has 0 aliphatic carbocycles. The number of amides is 1. The Morgan fingerprint density at radius 2 is 1.90 bits per heavy atom. The monoisotopic (exact) mass is 456 g/mol. The molecule has 2 aromatic rings. The summed E-state index contributed by atoms with van der Waals surface area (Å²) in [7, 11) is -2.89. The summed E-state index contributed by atoms with van der Waals surface area (Å²) in [5, 5.41) is 2.68. The lowest BCUT2D eigenvalue weighted by atomic mass is 10.1. The van der Waals surface area contributed by atoms with Gasteiger partial charge >= 0.3 is 6.18 Å². The minimum Gasteiger partial charge on any atom is -0.496 e. The summed E-state index contributed by atoms with van der Waals surface area (Å²) < 4.78 is 70.8. The first-order chi connectivity index (χ1) is 14.5. The fourth-order valence-corrected chi connectivity index (χ4v) is 4.34. The van der Waals surface area contributed by atoms with Gasteiger partial charge in [0.25, 0.3) is 0 Å². The van der Waals surface area contributed by atoms with E-state index in [0.29, 0.717) is 17.4 Å². The van der Waals surface area contributed by atoms with E-state index in [2.05, 4.69) is 11.9 Å². The van der Waals surface area contributed by atoms with E-state index in [1.165, 1.54) is 13.2 Å². The van der Waals surface area contributed by atoms with E-state index in [1.54, 1.807) is 31.2 Å². The third kappa shape index (κ3) is 6.08. The summed E-state index contributed by atoms with van der Waals surface area (Å²) >= 11 is 0. The Labute approximate surface area is 179 Å². The molecular formula is C21H23F3N2O4S. The highest BCUT2D eigenvalue weighted by Crippen LogP contribution is 2.31. The van der Waals surface area contributed by atoms with E-state index in [4.69, 9.17) is 4.74 Å². The molecule has 1 amide bonds. The third-order valence-electron chi connectivity index (χ3n) is 4.43. The van der Waals surface area contributed by atoms with Crippen molar-refractivity contribution in [2.24, 2.45) is 0 Å². The van der Waals surface area contributed by atoms with Gasteiger partial charge in [-0.2, -0.15) is 17.5 Å². The molecule has 1 unspecified atom stereocenters. The van der Waals surface area contributed by atoms with Crippen LogP contribution in [0.15, 0.2) is 66.1 Å². The molecule has 2 aromatic carbocycles. The molecule has 10 heteroatoms. The number of ether oxygens (including phenoxy) is 1. The van der Waals surface area contributed by atoms with Crippen LogP contribution in [-0.2, 0) is 21.0 Å². The Hall–Kier alpha value is -2.85. The van der Waals surface area contributed by atoms with Crippen molar-refractivity contribution in [1.82, 2.24) is 9.62 Å². The molecule has 0 saturated carbocycles. The van der Waals surface area contributed by atoms with Crippen LogP contribution in [0.3, 0.4) is 0 Å². The first-order valence-corrected chi connectivity index (χ1v) is 10.6. The second-order valence-corrected chi connectivity index (χ2v) is 8.58. The van der Waals surface area contributed by atoms with Gasteiger partial charge in [0.2, 0.25) is 15.9 Å². The first kappa shape index (κ1) is 24.4. The quantitative estimate of drug-likeness (QED) is 0.583. The van der Waals surface area contributed by atoms with E-state index in [9.17, 15) is 26.4 Å². The third-order valence-corrected chi connectivity index (χ3v) is 6.24. The van der Waals surface area contributed by atoms with E-state index in [-0.39, 0.29) is 6.54 Å². The SMILES string of the molecule is C=CCN(CC(=O)NC(C)c1ccccc1OC)S(=O)(=O)c1cccc(C(F)(F)F)c1. The van der Waals surface area contributed by atoms with Gasteiger partial charge < -0.3 is 10.1 Å². The average Bonchev–Trinajstić information content (AvgIpc) is 2.72. The summed E-state index contributed by atoms with van der Waals surface area (Å²) in [5.41, 5.74) is -0.407. The first-order valence-electron chi connectivity index (χ1n) is 9.21. The second-order valence-electron chi connectivity index (χ2n) is 6.64. The van der Waals surface area contributed by atoms with Crippen LogP contribution < -0.4 is 10.1 Å². The highest BCUT2D eigenvalue weighted by atomic mass is 32.2.